The molecule has 1 atom stereocenters. The lowest BCUT2D eigenvalue weighted by Crippen LogP contribution is -2.18. The van der Waals surface area contributed by atoms with Gasteiger partial charge in [-0.2, -0.15) is 0 Å². The molecule has 2 rings (SSSR count). The van der Waals surface area contributed by atoms with E-state index in [1.54, 1.807) is 7.11 Å². The summed E-state index contributed by atoms with van der Waals surface area (Å²) in [6.45, 7) is 4.52. The Bertz CT molecular complexity index is 548. The summed E-state index contributed by atoms with van der Waals surface area (Å²) in [4.78, 5) is 0. The minimum absolute atomic E-state index is 0.423. The average Bonchev–Trinajstić information content (AvgIpc) is 2.43. The van der Waals surface area contributed by atoms with Gasteiger partial charge in [-0.15, -0.1) is 0 Å². The van der Waals surface area contributed by atoms with E-state index in [-0.39, 0.29) is 0 Å². The zero-order valence-electron chi connectivity index (χ0n) is 12.2. The number of methoxy groups -OCH3 is 1. The maximum absolute atomic E-state index is 5.26. The van der Waals surface area contributed by atoms with Crippen LogP contribution in [0.3, 0.4) is 0 Å². The molecule has 0 aliphatic heterocycles. The summed E-state index contributed by atoms with van der Waals surface area (Å²) >= 11 is 0. The van der Waals surface area contributed by atoms with Crippen LogP contribution in [0.25, 0.3) is 10.8 Å². The van der Waals surface area contributed by atoms with Crippen molar-refractivity contribution in [3.63, 3.8) is 0 Å². The van der Waals surface area contributed by atoms with Gasteiger partial charge in [-0.05, 0) is 53.9 Å². The number of ether oxygens (including phenoxy) is 1. The number of benzene rings is 2. The highest BCUT2D eigenvalue weighted by atomic mass is 16.5. The molecule has 0 fully saturated rings. The average molecular weight is 257 g/mol. The number of rotatable bonds is 5. The minimum atomic E-state index is 0.423. The third-order valence-electron chi connectivity index (χ3n) is 3.53. The van der Waals surface area contributed by atoms with E-state index in [9.17, 15) is 0 Å². The third kappa shape index (κ3) is 3.27. The van der Waals surface area contributed by atoms with E-state index in [4.69, 9.17) is 4.74 Å². The van der Waals surface area contributed by atoms with Crippen molar-refractivity contribution in [3.05, 3.63) is 42.0 Å². The Balaban J connectivity index is 2.35. The highest BCUT2D eigenvalue weighted by Gasteiger charge is 2.11. The van der Waals surface area contributed by atoms with Gasteiger partial charge < -0.3 is 10.1 Å². The summed E-state index contributed by atoms with van der Waals surface area (Å²) in [7, 11) is 3.74. The van der Waals surface area contributed by atoms with E-state index in [1.807, 2.05) is 13.1 Å². The molecule has 1 unspecified atom stereocenters. The molecule has 1 N–H and O–H groups in total. The molecule has 2 aromatic carbocycles. The fourth-order valence-corrected chi connectivity index (χ4v) is 2.48. The smallest absolute Gasteiger partial charge is 0.119 e. The molecule has 0 bridgehead atoms. The predicted molar refractivity (Wildman–Crippen MR) is 81.8 cm³/mol. The van der Waals surface area contributed by atoms with Gasteiger partial charge in [-0.1, -0.05) is 32.0 Å². The molecule has 0 radical (unpaired) electrons. The van der Waals surface area contributed by atoms with Gasteiger partial charge in [0.25, 0.3) is 0 Å². The summed E-state index contributed by atoms with van der Waals surface area (Å²) in [6, 6.07) is 13.3. The molecule has 0 heterocycles. The Morgan fingerprint density at radius 2 is 1.74 bits per heavy atom. The zero-order chi connectivity index (χ0) is 13.8. The quantitative estimate of drug-likeness (QED) is 0.868. The Hall–Kier alpha value is -1.54. The summed E-state index contributed by atoms with van der Waals surface area (Å²) in [6.07, 6.45) is 1.15. The second-order valence-electron chi connectivity index (χ2n) is 5.44. The molecular formula is C17H23NO. The lowest BCUT2D eigenvalue weighted by atomic mass is 9.95. The molecule has 19 heavy (non-hydrogen) atoms. The van der Waals surface area contributed by atoms with Crippen LogP contribution in [0.2, 0.25) is 0 Å². The first kappa shape index (κ1) is 13.9. The van der Waals surface area contributed by atoms with Crippen LogP contribution in [0.15, 0.2) is 36.4 Å². The van der Waals surface area contributed by atoms with Crippen molar-refractivity contribution in [2.45, 2.75) is 26.3 Å². The van der Waals surface area contributed by atoms with Crippen LogP contribution in [-0.2, 0) is 0 Å². The van der Waals surface area contributed by atoms with Crippen molar-refractivity contribution < 1.29 is 4.74 Å². The van der Waals surface area contributed by atoms with Crippen molar-refractivity contribution in [3.8, 4) is 5.75 Å². The molecule has 2 heteroatoms. The van der Waals surface area contributed by atoms with E-state index in [1.165, 1.54) is 16.3 Å². The molecule has 0 amide bonds. The normalized spacial score (nSPS) is 12.9. The Morgan fingerprint density at radius 1 is 1.05 bits per heavy atom. The van der Waals surface area contributed by atoms with E-state index in [0.29, 0.717) is 12.0 Å². The highest BCUT2D eigenvalue weighted by Crippen LogP contribution is 2.26. The monoisotopic (exact) mass is 257 g/mol. The Kier molecular flexibility index (Phi) is 4.43. The van der Waals surface area contributed by atoms with Gasteiger partial charge in [0.05, 0.1) is 7.11 Å². The van der Waals surface area contributed by atoms with Crippen molar-refractivity contribution in [2.75, 3.05) is 14.2 Å². The molecule has 0 aliphatic carbocycles. The van der Waals surface area contributed by atoms with Crippen LogP contribution < -0.4 is 10.1 Å². The van der Waals surface area contributed by atoms with E-state index in [0.717, 1.165) is 12.2 Å². The lowest BCUT2D eigenvalue weighted by molar-refractivity contribution is 0.415. The first-order chi connectivity index (χ1) is 9.13. The van der Waals surface area contributed by atoms with Gasteiger partial charge in [-0.25, -0.2) is 0 Å². The zero-order valence-corrected chi connectivity index (χ0v) is 12.2. The largest absolute Gasteiger partial charge is 0.497 e. The number of hydrogen-bond acceptors (Lipinski definition) is 2. The van der Waals surface area contributed by atoms with Crippen molar-refractivity contribution in [2.24, 2.45) is 5.92 Å². The van der Waals surface area contributed by atoms with Crippen LogP contribution in [0.5, 0.6) is 5.75 Å². The maximum atomic E-state index is 5.26. The molecule has 2 nitrogen and oxygen atoms in total. The second kappa shape index (κ2) is 6.07. The third-order valence-corrected chi connectivity index (χ3v) is 3.53. The van der Waals surface area contributed by atoms with Crippen LogP contribution in [0.4, 0.5) is 0 Å². The summed E-state index contributed by atoms with van der Waals surface area (Å²) < 4.78 is 5.26. The molecule has 0 aliphatic rings. The van der Waals surface area contributed by atoms with Crippen molar-refractivity contribution >= 4 is 10.8 Å². The van der Waals surface area contributed by atoms with Crippen molar-refractivity contribution in [1.82, 2.24) is 5.32 Å². The van der Waals surface area contributed by atoms with Crippen LogP contribution >= 0.6 is 0 Å². The first-order valence-electron chi connectivity index (χ1n) is 6.89. The number of fused-ring (bicyclic) bond motifs is 1. The SMILES string of the molecule is CNC(CC(C)C)c1ccc2cc(OC)ccc2c1. The van der Waals surface area contributed by atoms with E-state index in [2.05, 4.69) is 49.5 Å². The van der Waals surface area contributed by atoms with E-state index < -0.39 is 0 Å². The van der Waals surface area contributed by atoms with Gasteiger partial charge in [0, 0.05) is 6.04 Å². The summed E-state index contributed by atoms with van der Waals surface area (Å²) in [5, 5.41) is 5.90. The fraction of sp³-hybridized carbons (Fsp3) is 0.412. The second-order valence-corrected chi connectivity index (χ2v) is 5.44. The van der Waals surface area contributed by atoms with Crippen LogP contribution in [0.1, 0.15) is 31.9 Å². The van der Waals surface area contributed by atoms with Crippen LogP contribution in [-0.4, -0.2) is 14.2 Å². The molecule has 2 aromatic rings. The Labute approximate surface area is 115 Å². The molecular weight excluding hydrogens is 234 g/mol. The molecule has 0 spiro atoms. The highest BCUT2D eigenvalue weighted by molar-refractivity contribution is 5.84. The van der Waals surface area contributed by atoms with Gasteiger partial charge in [0.15, 0.2) is 0 Å². The number of nitrogens with one attached hydrogen (secondary N) is 1. The van der Waals surface area contributed by atoms with Gasteiger partial charge in [0.2, 0.25) is 0 Å². The number of hydrogen-bond donors (Lipinski definition) is 1. The molecule has 0 aromatic heterocycles. The molecule has 102 valence electrons. The minimum Gasteiger partial charge on any atom is -0.497 e. The Morgan fingerprint density at radius 3 is 2.37 bits per heavy atom. The standard InChI is InChI=1S/C17H23NO/c1-12(2)9-17(18-3)15-6-5-14-11-16(19-4)8-7-13(14)10-15/h5-8,10-12,17-18H,9H2,1-4H3. The molecule has 0 saturated heterocycles. The topological polar surface area (TPSA) is 21.3 Å². The van der Waals surface area contributed by atoms with Gasteiger partial charge in [0.1, 0.15) is 5.75 Å². The summed E-state index contributed by atoms with van der Waals surface area (Å²) in [5.74, 6) is 1.59. The lowest BCUT2D eigenvalue weighted by Gasteiger charge is -2.19. The van der Waals surface area contributed by atoms with E-state index >= 15 is 0 Å². The van der Waals surface area contributed by atoms with Gasteiger partial charge in [-0.3, -0.25) is 0 Å². The maximum Gasteiger partial charge on any atom is 0.119 e. The predicted octanol–water partition coefficient (Wildman–Crippen LogP) is 4.16. The van der Waals surface area contributed by atoms with Crippen LogP contribution in [0, 0.1) is 5.92 Å². The van der Waals surface area contributed by atoms with Crippen molar-refractivity contribution in [1.29, 1.82) is 0 Å². The molecule has 0 saturated carbocycles. The first-order valence-corrected chi connectivity index (χ1v) is 6.89. The fourth-order valence-electron chi connectivity index (χ4n) is 2.48. The van der Waals surface area contributed by atoms with Gasteiger partial charge >= 0.3 is 0 Å². The summed E-state index contributed by atoms with van der Waals surface area (Å²) in [5.41, 5.74) is 1.36.